The van der Waals surface area contributed by atoms with Gasteiger partial charge in [0.1, 0.15) is 4.90 Å². The number of alkyl halides is 3. The van der Waals surface area contributed by atoms with E-state index in [-0.39, 0.29) is 23.5 Å². The average Bonchev–Trinajstić information content (AvgIpc) is 3.24. The van der Waals surface area contributed by atoms with Crippen LogP contribution in [0.15, 0.2) is 78.0 Å². The molecule has 1 amide bonds. The number of nitrogens with zero attached hydrogens (tertiary/aromatic N) is 2. The summed E-state index contributed by atoms with van der Waals surface area (Å²) in [5, 5.41) is 2.00. The van der Waals surface area contributed by atoms with Gasteiger partial charge in [-0.25, -0.2) is 8.42 Å². The van der Waals surface area contributed by atoms with Crippen molar-refractivity contribution in [2.75, 3.05) is 13.1 Å². The molecule has 2 heterocycles. The minimum atomic E-state index is -4.72. The number of sulfonamides is 1. The third-order valence-corrected chi connectivity index (χ3v) is 7.87. The maximum Gasteiger partial charge on any atom is 0.417 e. The standard InChI is InChI=1S/C23H19ClF3N3O3S/c24-21-17(9-4-10-19(21)23(25,26)27)22(31)29-20-14-30(13-18(20)15-6-2-1-3-7-15)34(32,33)16-8-5-11-28-12-16/h1-12,18,20H,13-14H2,(H,29,31)/t18-,20+/m1/s1. The van der Waals surface area contributed by atoms with Crippen molar-refractivity contribution in [3.8, 4) is 0 Å². The predicted molar refractivity (Wildman–Crippen MR) is 120 cm³/mol. The van der Waals surface area contributed by atoms with Gasteiger partial charge >= 0.3 is 6.18 Å². The van der Waals surface area contributed by atoms with Gasteiger partial charge in [-0.2, -0.15) is 17.5 Å². The molecule has 2 aromatic carbocycles. The van der Waals surface area contributed by atoms with Crippen LogP contribution in [0.25, 0.3) is 0 Å². The maximum absolute atomic E-state index is 13.2. The first kappa shape index (κ1) is 24.2. The van der Waals surface area contributed by atoms with Crippen molar-refractivity contribution in [3.05, 3.63) is 94.8 Å². The fourth-order valence-corrected chi connectivity index (χ4v) is 5.74. The molecule has 0 saturated carbocycles. The largest absolute Gasteiger partial charge is 0.417 e. The molecular formula is C23H19ClF3N3O3S. The van der Waals surface area contributed by atoms with Crippen LogP contribution < -0.4 is 5.32 Å². The Kier molecular flexibility index (Phi) is 6.66. The number of carbonyl (C=O) groups is 1. The quantitative estimate of drug-likeness (QED) is 0.555. The molecule has 6 nitrogen and oxygen atoms in total. The van der Waals surface area contributed by atoms with E-state index in [1.807, 2.05) is 0 Å². The van der Waals surface area contributed by atoms with E-state index < -0.39 is 44.7 Å². The van der Waals surface area contributed by atoms with E-state index in [0.29, 0.717) is 0 Å². The second-order valence-electron chi connectivity index (χ2n) is 7.77. The van der Waals surface area contributed by atoms with Crippen LogP contribution in [-0.4, -0.2) is 42.7 Å². The van der Waals surface area contributed by atoms with E-state index >= 15 is 0 Å². The van der Waals surface area contributed by atoms with Crippen LogP contribution in [0.2, 0.25) is 5.02 Å². The van der Waals surface area contributed by atoms with Gasteiger partial charge in [0, 0.05) is 31.4 Å². The fourth-order valence-electron chi connectivity index (χ4n) is 3.97. The van der Waals surface area contributed by atoms with Gasteiger partial charge in [-0.15, -0.1) is 0 Å². The highest BCUT2D eigenvalue weighted by Gasteiger charge is 2.41. The van der Waals surface area contributed by atoms with Crippen LogP contribution in [0.5, 0.6) is 0 Å². The monoisotopic (exact) mass is 509 g/mol. The first-order valence-electron chi connectivity index (χ1n) is 10.2. The van der Waals surface area contributed by atoms with Crippen molar-refractivity contribution < 1.29 is 26.4 Å². The third-order valence-electron chi connectivity index (χ3n) is 5.65. The fraction of sp³-hybridized carbons (Fsp3) is 0.217. The second-order valence-corrected chi connectivity index (χ2v) is 10.1. The highest BCUT2D eigenvalue weighted by molar-refractivity contribution is 7.89. The van der Waals surface area contributed by atoms with Crippen LogP contribution in [-0.2, 0) is 16.2 Å². The Bertz CT molecular complexity index is 1290. The number of benzene rings is 2. The SMILES string of the molecule is O=C(N[C@H]1CN(S(=O)(=O)c2cccnc2)C[C@@H]1c1ccccc1)c1cccc(C(F)(F)F)c1Cl. The zero-order valence-corrected chi connectivity index (χ0v) is 19.1. The summed E-state index contributed by atoms with van der Waals surface area (Å²) < 4.78 is 67.2. The Morgan fingerprint density at radius 1 is 1.03 bits per heavy atom. The summed E-state index contributed by atoms with van der Waals surface area (Å²) in [6, 6.07) is 14.3. The summed E-state index contributed by atoms with van der Waals surface area (Å²) in [5.41, 5.74) is -0.669. The molecule has 3 aromatic rings. The summed E-state index contributed by atoms with van der Waals surface area (Å²) in [7, 11) is -3.90. The smallest absolute Gasteiger partial charge is 0.347 e. The molecule has 0 unspecified atom stereocenters. The molecule has 0 bridgehead atoms. The molecule has 2 atom stereocenters. The first-order valence-corrected chi connectivity index (χ1v) is 12.0. The first-order chi connectivity index (χ1) is 16.1. The lowest BCUT2D eigenvalue weighted by Crippen LogP contribution is -2.40. The van der Waals surface area contributed by atoms with E-state index in [9.17, 15) is 26.4 Å². The summed E-state index contributed by atoms with van der Waals surface area (Å²) in [6.07, 6.45) is -2.03. The van der Waals surface area contributed by atoms with Gasteiger partial charge < -0.3 is 5.32 Å². The molecule has 1 saturated heterocycles. The molecule has 4 rings (SSSR count). The van der Waals surface area contributed by atoms with Gasteiger partial charge in [-0.05, 0) is 29.8 Å². The minimum absolute atomic E-state index is 0.00899. The molecule has 1 aliphatic rings. The highest BCUT2D eigenvalue weighted by Crippen LogP contribution is 2.37. The highest BCUT2D eigenvalue weighted by atomic mass is 35.5. The minimum Gasteiger partial charge on any atom is -0.347 e. The lowest BCUT2D eigenvalue weighted by Gasteiger charge is -2.21. The Morgan fingerprint density at radius 3 is 2.41 bits per heavy atom. The predicted octanol–water partition coefficient (Wildman–Crippen LogP) is 4.34. The number of pyridine rings is 1. The number of nitrogens with one attached hydrogen (secondary N) is 1. The van der Waals surface area contributed by atoms with Crippen molar-refractivity contribution in [2.24, 2.45) is 0 Å². The number of hydrogen-bond acceptors (Lipinski definition) is 4. The van der Waals surface area contributed by atoms with E-state index in [1.165, 1.54) is 34.9 Å². The van der Waals surface area contributed by atoms with Crippen LogP contribution in [0, 0.1) is 0 Å². The third kappa shape index (κ3) is 4.79. The van der Waals surface area contributed by atoms with Gasteiger partial charge in [-0.3, -0.25) is 9.78 Å². The number of carbonyl (C=O) groups excluding carboxylic acids is 1. The van der Waals surface area contributed by atoms with Crippen LogP contribution in [0.1, 0.15) is 27.4 Å². The van der Waals surface area contributed by atoms with Gasteiger partial charge in [0.2, 0.25) is 10.0 Å². The molecule has 34 heavy (non-hydrogen) atoms. The molecule has 11 heteroatoms. The van der Waals surface area contributed by atoms with Crippen molar-refractivity contribution in [2.45, 2.75) is 23.0 Å². The summed E-state index contributed by atoms with van der Waals surface area (Å²) in [5.74, 6) is -1.25. The Balaban J connectivity index is 1.65. The number of rotatable bonds is 5. The molecule has 1 fully saturated rings. The second kappa shape index (κ2) is 9.36. The zero-order valence-electron chi connectivity index (χ0n) is 17.5. The van der Waals surface area contributed by atoms with E-state index in [0.717, 1.165) is 17.7 Å². The summed E-state index contributed by atoms with van der Waals surface area (Å²) in [6.45, 7) is 0.00161. The van der Waals surface area contributed by atoms with E-state index in [1.54, 1.807) is 30.3 Å². The number of aromatic nitrogens is 1. The molecule has 0 spiro atoms. The van der Waals surface area contributed by atoms with Crippen LogP contribution >= 0.6 is 11.6 Å². The molecule has 0 radical (unpaired) electrons. The Hall–Kier alpha value is -2.95. The van der Waals surface area contributed by atoms with Crippen molar-refractivity contribution in [1.29, 1.82) is 0 Å². The summed E-state index contributed by atoms with van der Waals surface area (Å²) >= 11 is 5.91. The average molecular weight is 510 g/mol. The summed E-state index contributed by atoms with van der Waals surface area (Å²) in [4.78, 5) is 16.8. The number of amides is 1. The molecule has 1 aromatic heterocycles. The van der Waals surface area contributed by atoms with Crippen LogP contribution in [0.4, 0.5) is 13.2 Å². The number of halogens is 4. The zero-order chi connectivity index (χ0) is 24.5. The maximum atomic E-state index is 13.2. The van der Waals surface area contributed by atoms with Gasteiger partial charge in [0.15, 0.2) is 0 Å². The molecule has 0 aliphatic carbocycles. The topological polar surface area (TPSA) is 79.4 Å². The normalized spacial score (nSPS) is 19.2. The molecule has 1 aliphatic heterocycles. The lowest BCUT2D eigenvalue weighted by atomic mass is 9.94. The van der Waals surface area contributed by atoms with E-state index in [2.05, 4.69) is 10.3 Å². The Labute approximate surface area is 199 Å². The van der Waals surface area contributed by atoms with Crippen LogP contribution in [0.3, 0.4) is 0 Å². The van der Waals surface area contributed by atoms with E-state index in [4.69, 9.17) is 11.6 Å². The van der Waals surface area contributed by atoms with Crippen molar-refractivity contribution in [1.82, 2.24) is 14.6 Å². The molecule has 1 N–H and O–H groups in total. The molecular weight excluding hydrogens is 491 g/mol. The number of hydrogen-bond donors (Lipinski definition) is 1. The van der Waals surface area contributed by atoms with Crippen molar-refractivity contribution in [3.63, 3.8) is 0 Å². The van der Waals surface area contributed by atoms with Gasteiger partial charge in [0.05, 0.1) is 22.2 Å². The molecule has 178 valence electrons. The van der Waals surface area contributed by atoms with Crippen molar-refractivity contribution >= 4 is 27.5 Å². The van der Waals surface area contributed by atoms with Gasteiger partial charge in [0.25, 0.3) is 5.91 Å². The lowest BCUT2D eigenvalue weighted by molar-refractivity contribution is -0.137. The Morgan fingerprint density at radius 2 is 1.76 bits per heavy atom. The van der Waals surface area contributed by atoms with Gasteiger partial charge in [-0.1, -0.05) is 48.0 Å².